The fourth-order valence-corrected chi connectivity index (χ4v) is 2.78. The first-order valence-electron chi connectivity index (χ1n) is 10.6. The summed E-state index contributed by atoms with van der Waals surface area (Å²) in [5, 5.41) is 3.98. The molecular formula is C26H26N2O5. The molecule has 3 aromatic carbocycles. The highest BCUT2D eigenvalue weighted by atomic mass is 16.5. The molecule has 7 nitrogen and oxygen atoms in total. The highest BCUT2D eigenvalue weighted by molar-refractivity contribution is 5.95. The van der Waals surface area contributed by atoms with Crippen LogP contribution in [0.1, 0.15) is 46.0 Å². The van der Waals surface area contributed by atoms with Gasteiger partial charge in [-0.3, -0.25) is 4.79 Å². The second-order valence-electron chi connectivity index (χ2n) is 7.11. The molecule has 0 radical (unpaired) electrons. The summed E-state index contributed by atoms with van der Waals surface area (Å²) < 4.78 is 16.0. The first-order chi connectivity index (χ1) is 16.1. The predicted molar refractivity (Wildman–Crippen MR) is 126 cm³/mol. The van der Waals surface area contributed by atoms with E-state index in [0.29, 0.717) is 29.2 Å². The van der Waals surface area contributed by atoms with E-state index >= 15 is 0 Å². The Bertz CT molecular complexity index is 1080. The fraction of sp³-hybridized carbons (Fsp3) is 0.192. The smallest absolute Gasteiger partial charge is 0.343 e. The molecule has 3 rings (SSSR count). The van der Waals surface area contributed by atoms with E-state index in [4.69, 9.17) is 14.2 Å². The van der Waals surface area contributed by atoms with Crippen LogP contribution >= 0.6 is 0 Å². The lowest BCUT2D eigenvalue weighted by Gasteiger charge is -2.06. The first-order valence-corrected chi connectivity index (χ1v) is 10.6. The number of ether oxygens (including phenoxy) is 3. The van der Waals surface area contributed by atoms with Gasteiger partial charge in [0, 0.05) is 5.56 Å². The van der Waals surface area contributed by atoms with E-state index < -0.39 is 5.97 Å². The number of hydrazone groups is 1. The van der Waals surface area contributed by atoms with Crippen LogP contribution in [0.15, 0.2) is 77.9 Å². The van der Waals surface area contributed by atoms with Gasteiger partial charge in [-0.1, -0.05) is 13.3 Å². The topological polar surface area (TPSA) is 86.2 Å². The Hall–Kier alpha value is -4.13. The van der Waals surface area contributed by atoms with Gasteiger partial charge in [0.15, 0.2) is 0 Å². The fourth-order valence-electron chi connectivity index (χ4n) is 2.78. The van der Waals surface area contributed by atoms with Crippen LogP contribution in [0.4, 0.5) is 0 Å². The summed E-state index contributed by atoms with van der Waals surface area (Å²) >= 11 is 0. The number of nitrogens with one attached hydrogen (secondary N) is 1. The van der Waals surface area contributed by atoms with Crippen molar-refractivity contribution in [2.45, 2.75) is 19.8 Å². The second kappa shape index (κ2) is 12.0. The van der Waals surface area contributed by atoms with E-state index in [-0.39, 0.29) is 5.91 Å². The average molecular weight is 447 g/mol. The molecule has 0 bridgehead atoms. The first kappa shape index (κ1) is 23.5. The summed E-state index contributed by atoms with van der Waals surface area (Å²) in [6.07, 6.45) is 3.56. The Morgan fingerprint density at radius 1 is 0.848 bits per heavy atom. The largest absolute Gasteiger partial charge is 0.497 e. The summed E-state index contributed by atoms with van der Waals surface area (Å²) in [4.78, 5) is 24.4. The predicted octanol–water partition coefficient (Wildman–Crippen LogP) is 4.86. The highest BCUT2D eigenvalue weighted by Crippen LogP contribution is 2.16. The molecule has 1 amide bonds. The zero-order valence-electron chi connectivity index (χ0n) is 18.6. The number of benzene rings is 3. The molecule has 0 spiro atoms. The van der Waals surface area contributed by atoms with Crippen LogP contribution in [0.3, 0.4) is 0 Å². The van der Waals surface area contributed by atoms with Crippen molar-refractivity contribution in [3.63, 3.8) is 0 Å². The Labute approximate surface area is 193 Å². The highest BCUT2D eigenvalue weighted by Gasteiger charge is 2.09. The zero-order valence-corrected chi connectivity index (χ0v) is 18.6. The van der Waals surface area contributed by atoms with E-state index in [1.807, 2.05) is 0 Å². The van der Waals surface area contributed by atoms with Crippen molar-refractivity contribution in [2.75, 3.05) is 13.7 Å². The molecule has 0 aliphatic rings. The molecule has 0 atom stereocenters. The maximum Gasteiger partial charge on any atom is 0.343 e. The van der Waals surface area contributed by atoms with Gasteiger partial charge in [0.1, 0.15) is 17.2 Å². The number of nitrogens with zero attached hydrogens (tertiary/aromatic N) is 1. The molecule has 0 fully saturated rings. The van der Waals surface area contributed by atoms with Gasteiger partial charge in [-0.2, -0.15) is 5.10 Å². The van der Waals surface area contributed by atoms with Gasteiger partial charge < -0.3 is 14.2 Å². The Morgan fingerprint density at radius 3 is 2.09 bits per heavy atom. The lowest BCUT2D eigenvalue weighted by Crippen LogP contribution is -2.17. The number of rotatable bonds is 10. The quantitative estimate of drug-likeness (QED) is 0.158. The summed E-state index contributed by atoms with van der Waals surface area (Å²) in [7, 11) is 1.56. The van der Waals surface area contributed by atoms with Crippen LogP contribution in [0.25, 0.3) is 0 Å². The summed E-state index contributed by atoms with van der Waals surface area (Å²) in [5.74, 6) is 1.01. The third-order valence-electron chi connectivity index (χ3n) is 4.68. The van der Waals surface area contributed by atoms with Crippen molar-refractivity contribution >= 4 is 18.1 Å². The van der Waals surface area contributed by atoms with Crippen molar-refractivity contribution in [1.82, 2.24) is 5.43 Å². The minimum atomic E-state index is -0.465. The molecule has 0 saturated heterocycles. The Balaban J connectivity index is 1.49. The summed E-state index contributed by atoms with van der Waals surface area (Å²) in [6, 6.07) is 20.3. The number of hydrogen-bond acceptors (Lipinski definition) is 6. The van der Waals surface area contributed by atoms with E-state index in [1.165, 1.54) is 6.21 Å². The van der Waals surface area contributed by atoms with Crippen molar-refractivity contribution in [1.29, 1.82) is 0 Å². The number of methoxy groups -OCH3 is 1. The van der Waals surface area contributed by atoms with Crippen LogP contribution in [0, 0.1) is 0 Å². The van der Waals surface area contributed by atoms with E-state index in [1.54, 1.807) is 79.9 Å². The molecule has 7 heteroatoms. The van der Waals surface area contributed by atoms with Gasteiger partial charge in [0.05, 0.1) is 25.5 Å². The summed E-state index contributed by atoms with van der Waals surface area (Å²) in [6.45, 7) is 2.76. The lowest BCUT2D eigenvalue weighted by atomic mass is 10.2. The monoisotopic (exact) mass is 446 g/mol. The number of esters is 1. The molecule has 1 N–H and O–H groups in total. The van der Waals surface area contributed by atoms with Crippen LogP contribution in [0.5, 0.6) is 17.2 Å². The Morgan fingerprint density at radius 2 is 1.45 bits per heavy atom. The third kappa shape index (κ3) is 7.21. The number of unbranched alkanes of at least 4 members (excludes halogenated alkanes) is 1. The van der Waals surface area contributed by atoms with Crippen LogP contribution < -0.4 is 19.6 Å². The van der Waals surface area contributed by atoms with Gasteiger partial charge in [-0.15, -0.1) is 0 Å². The van der Waals surface area contributed by atoms with Crippen molar-refractivity contribution in [3.05, 3.63) is 89.5 Å². The molecule has 0 aromatic heterocycles. The molecule has 0 aliphatic carbocycles. The van der Waals surface area contributed by atoms with Crippen molar-refractivity contribution in [2.24, 2.45) is 5.10 Å². The number of carbonyl (C=O) groups is 2. The minimum Gasteiger partial charge on any atom is -0.497 e. The maximum atomic E-state index is 12.2. The maximum absolute atomic E-state index is 12.2. The van der Waals surface area contributed by atoms with Crippen LogP contribution in [-0.2, 0) is 0 Å². The van der Waals surface area contributed by atoms with Gasteiger partial charge >= 0.3 is 5.97 Å². The lowest BCUT2D eigenvalue weighted by molar-refractivity contribution is 0.0734. The second-order valence-corrected chi connectivity index (χ2v) is 7.11. The molecule has 0 aliphatic heterocycles. The molecule has 170 valence electrons. The molecule has 0 heterocycles. The van der Waals surface area contributed by atoms with E-state index in [0.717, 1.165) is 24.2 Å². The normalized spacial score (nSPS) is 10.6. The van der Waals surface area contributed by atoms with Crippen LogP contribution in [-0.4, -0.2) is 31.8 Å². The number of amides is 1. The van der Waals surface area contributed by atoms with Gasteiger partial charge in [0.25, 0.3) is 5.91 Å². The van der Waals surface area contributed by atoms with E-state index in [9.17, 15) is 9.59 Å². The van der Waals surface area contributed by atoms with E-state index in [2.05, 4.69) is 17.5 Å². The Kier molecular flexibility index (Phi) is 8.59. The zero-order chi connectivity index (χ0) is 23.5. The van der Waals surface area contributed by atoms with Crippen LogP contribution in [0.2, 0.25) is 0 Å². The van der Waals surface area contributed by atoms with Gasteiger partial charge in [0.2, 0.25) is 0 Å². The SMILES string of the molecule is CCCCOc1ccc(C(=O)N/N=C\c2ccc(OC(=O)c3ccc(OC)cc3)cc2)cc1. The molecule has 3 aromatic rings. The number of carbonyl (C=O) groups excluding carboxylic acids is 2. The number of hydrogen-bond donors (Lipinski definition) is 1. The van der Waals surface area contributed by atoms with Gasteiger partial charge in [-0.05, 0) is 84.8 Å². The third-order valence-corrected chi connectivity index (χ3v) is 4.68. The van der Waals surface area contributed by atoms with Crippen molar-refractivity contribution in [3.8, 4) is 17.2 Å². The molecule has 33 heavy (non-hydrogen) atoms. The standard InChI is InChI=1S/C26H26N2O5/c1-3-4-17-32-23-15-7-20(8-16-23)25(29)28-27-18-19-5-11-24(12-6-19)33-26(30)21-9-13-22(31-2)14-10-21/h5-16,18H,3-4,17H2,1-2H3,(H,28,29)/b27-18-. The molecule has 0 unspecified atom stereocenters. The molecular weight excluding hydrogens is 420 g/mol. The van der Waals surface area contributed by atoms with Gasteiger partial charge in [-0.25, -0.2) is 10.2 Å². The minimum absolute atomic E-state index is 0.323. The summed E-state index contributed by atoms with van der Waals surface area (Å²) in [5.41, 5.74) is 4.13. The average Bonchev–Trinajstić information content (AvgIpc) is 2.85. The van der Waals surface area contributed by atoms with Crippen molar-refractivity contribution < 1.29 is 23.8 Å². The molecule has 0 saturated carbocycles.